The van der Waals surface area contributed by atoms with E-state index in [2.05, 4.69) is 90.1 Å². The Morgan fingerprint density at radius 3 is 1.17 bits per heavy atom. The Bertz CT molecular complexity index is 1230. The molecule has 3 nitrogen and oxygen atoms in total. The molecular formula is C33H34O3. The van der Waals surface area contributed by atoms with Crippen molar-refractivity contribution in [2.75, 3.05) is 0 Å². The van der Waals surface area contributed by atoms with E-state index < -0.39 is 6.16 Å². The maximum Gasteiger partial charge on any atom is 0.519 e. The normalized spacial score (nSPS) is 11.7. The van der Waals surface area contributed by atoms with Crippen LogP contribution in [0.4, 0.5) is 4.79 Å². The van der Waals surface area contributed by atoms with Gasteiger partial charge in [0.15, 0.2) is 0 Å². The molecule has 0 unspecified atom stereocenters. The van der Waals surface area contributed by atoms with E-state index in [1.165, 1.54) is 11.1 Å². The highest BCUT2D eigenvalue weighted by Crippen LogP contribution is 2.34. The average molecular weight is 479 g/mol. The maximum atomic E-state index is 12.9. The van der Waals surface area contributed by atoms with Gasteiger partial charge in [0.1, 0.15) is 11.5 Å². The lowest BCUT2D eigenvalue weighted by Crippen LogP contribution is -2.15. The molecule has 0 saturated carbocycles. The fraction of sp³-hybridized carbons (Fsp3) is 0.242. The first kappa shape index (κ1) is 25.2. The molecule has 0 saturated heterocycles. The molecule has 0 aliphatic heterocycles. The van der Waals surface area contributed by atoms with Crippen LogP contribution in [0.25, 0.3) is 22.3 Å². The van der Waals surface area contributed by atoms with Crippen molar-refractivity contribution >= 4 is 6.16 Å². The second-order valence-corrected chi connectivity index (χ2v) is 11.1. The van der Waals surface area contributed by atoms with Crippen LogP contribution in [-0.2, 0) is 10.8 Å². The summed E-state index contributed by atoms with van der Waals surface area (Å²) >= 11 is 0. The van der Waals surface area contributed by atoms with Crippen LogP contribution in [0.1, 0.15) is 52.7 Å². The van der Waals surface area contributed by atoms with E-state index in [9.17, 15) is 4.79 Å². The van der Waals surface area contributed by atoms with Gasteiger partial charge in [-0.3, -0.25) is 0 Å². The summed E-state index contributed by atoms with van der Waals surface area (Å²) in [5, 5.41) is 0. The SMILES string of the molecule is CC(C)(C)c1ccc(-c2ccccc2OC(=O)Oc2ccccc2-c2ccc(C(C)(C)C)cc2)cc1. The molecule has 0 fully saturated rings. The Kier molecular flexibility index (Phi) is 7.03. The van der Waals surface area contributed by atoms with Gasteiger partial charge in [0.2, 0.25) is 0 Å². The third kappa shape index (κ3) is 5.85. The minimum Gasteiger partial charge on any atom is -0.394 e. The van der Waals surface area contributed by atoms with Crippen LogP contribution in [0.2, 0.25) is 0 Å². The zero-order chi connectivity index (χ0) is 25.9. The Balaban J connectivity index is 1.55. The maximum absolute atomic E-state index is 12.9. The van der Waals surface area contributed by atoms with E-state index in [1.807, 2.05) is 36.4 Å². The van der Waals surface area contributed by atoms with E-state index in [1.54, 1.807) is 12.1 Å². The van der Waals surface area contributed by atoms with Gasteiger partial charge in [-0.2, -0.15) is 0 Å². The predicted molar refractivity (Wildman–Crippen MR) is 148 cm³/mol. The third-order valence-corrected chi connectivity index (χ3v) is 6.28. The molecule has 0 aromatic heterocycles. The summed E-state index contributed by atoms with van der Waals surface area (Å²) in [6, 6.07) is 31.7. The summed E-state index contributed by atoms with van der Waals surface area (Å²) in [7, 11) is 0. The highest BCUT2D eigenvalue weighted by atomic mass is 16.7. The summed E-state index contributed by atoms with van der Waals surface area (Å²) in [5.74, 6) is 0.913. The number of para-hydroxylation sites is 2. The first-order valence-electron chi connectivity index (χ1n) is 12.3. The van der Waals surface area contributed by atoms with Gasteiger partial charge >= 0.3 is 6.16 Å². The van der Waals surface area contributed by atoms with Gasteiger partial charge < -0.3 is 9.47 Å². The quantitative estimate of drug-likeness (QED) is 0.217. The number of hydrogen-bond donors (Lipinski definition) is 0. The molecule has 0 aliphatic carbocycles. The van der Waals surface area contributed by atoms with Crippen LogP contribution in [0.3, 0.4) is 0 Å². The molecule has 0 spiro atoms. The lowest BCUT2D eigenvalue weighted by atomic mass is 9.86. The zero-order valence-corrected chi connectivity index (χ0v) is 22.0. The second-order valence-electron chi connectivity index (χ2n) is 11.1. The van der Waals surface area contributed by atoms with Crippen LogP contribution >= 0.6 is 0 Å². The minimum absolute atomic E-state index is 0.0683. The summed E-state index contributed by atoms with van der Waals surface area (Å²) < 4.78 is 11.4. The molecule has 4 rings (SSSR count). The van der Waals surface area contributed by atoms with E-state index in [4.69, 9.17) is 9.47 Å². The van der Waals surface area contributed by atoms with Crippen LogP contribution in [-0.4, -0.2) is 6.16 Å². The zero-order valence-electron chi connectivity index (χ0n) is 22.0. The molecule has 4 aromatic carbocycles. The number of carbonyl (C=O) groups is 1. The minimum atomic E-state index is -0.771. The molecule has 0 bridgehead atoms. The van der Waals surface area contributed by atoms with Crippen LogP contribution < -0.4 is 9.47 Å². The molecule has 0 aliphatic rings. The highest BCUT2D eigenvalue weighted by Gasteiger charge is 2.18. The topological polar surface area (TPSA) is 35.5 Å². The first-order chi connectivity index (χ1) is 17.0. The second kappa shape index (κ2) is 10.0. The molecular weight excluding hydrogens is 444 g/mol. The van der Waals surface area contributed by atoms with Gasteiger partial charge in [0.05, 0.1) is 0 Å². The van der Waals surface area contributed by atoms with Crippen molar-refractivity contribution < 1.29 is 14.3 Å². The third-order valence-electron chi connectivity index (χ3n) is 6.28. The molecule has 3 heteroatoms. The standard InChI is InChI=1S/C33H34O3/c1-32(2,3)25-19-15-23(16-20-25)27-11-7-9-13-29(27)35-31(34)36-30-14-10-8-12-28(30)24-17-21-26(22-18-24)33(4,5)6/h7-22H,1-6H3. The largest absolute Gasteiger partial charge is 0.519 e. The molecule has 0 atom stereocenters. The number of ether oxygens (including phenoxy) is 2. The van der Waals surface area contributed by atoms with Gasteiger partial charge in [-0.15, -0.1) is 0 Å². The number of hydrogen-bond acceptors (Lipinski definition) is 3. The van der Waals surface area contributed by atoms with Crippen LogP contribution in [0.5, 0.6) is 11.5 Å². The van der Waals surface area contributed by atoms with Gasteiger partial charge in [-0.05, 0) is 45.2 Å². The number of carbonyl (C=O) groups excluding carboxylic acids is 1. The van der Waals surface area contributed by atoms with E-state index in [-0.39, 0.29) is 10.8 Å². The van der Waals surface area contributed by atoms with Crippen molar-refractivity contribution in [2.24, 2.45) is 0 Å². The van der Waals surface area contributed by atoms with Crippen molar-refractivity contribution in [3.8, 4) is 33.8 Å². The summed E-state index contributed by atoms with van der Waals surface area (Å²) in [6.45, 7) is 13.1. The van der Waals surface area contributed by atoms with Gasteiger partial charge in [0.25, 0.3) is 0 Å². The van der Waals surface area contributed by atoms with E-state index >= 15 is 0 Å². The molecule has 0 heterocycles. The fourth-order valence-corrected chi connectivity index (χ4v) is 4.09. The van der Waals surface area contributed by atoms with Crippen molar-refractivity contribution in [1.82, 2.24) is 0 Å². The van der Waals surface area contributed by atoms with Crippen molar-refractivity contribution in [3.63, 3.8) is 0 Å². The molecule has 0 N–H and O–H groups in total. The average Bonchev–Trinajstić information content (AvgIpc) is 2.84. The van der Waals surface area contributed by atoms with Crippen LogP contribution in [0, 0.1) is 0 Å². The van der Waals surface area contributed by atoms with Crippen molar-refractivity contribution in [2.45, 2.75) is 52.4 Å². The van der Waals surface area contributed by atoms with Crippen molar-refractivity contribution in [1.29, 1.82) is 0 Å². The number of benzene rings is 4. The Morgan fingerprint density at radius 1 is 0.500 bits per heavy atom. The molecule has 36 heavy (non-hydrogen) atoms. The summed E-state index contributed by atoms with van der Waals surface area (Å²) in [5.41, 5.74) is 6.25. The van der Waals surface area contributed by atoms with Gasteiger partial charge in [-0.1, -0.05) is 126 Å². The highest BCUT2D eigenvalue weighted by molar-refractivity contribution is 5.78. The van der Waals surface area contributed by atoms with Crippen LogP contribution in [0.15, 0.2) is 97.1 Å². The molecule has 184 valence electrons. The predicted octanol–water partition coefficient (Wildman–Crippen LogP) is 9.19. The van der Waals surface area contributed by atoms with Gasteiger partial charge in [0, 0.05) is 11.1 Å². The Labute approximate surface area is 214 Å². The van der Waals surface area contributed by atoms with E-state index in [0.717, 1.165) is 22.3 Å². The monoisotopic (exact) mass is 478 g/mol. The van der Waals surface area contributed by atoms with Crippen molar-refractivity contribution in [3.05, 3.63) is 108 Å². The molecule has 0 radical (unpaired) electrons. The Morgan fingerprint density at radius 2 is 0.833 bits per heavy atom. The lowest BCUT2D eigenvalue weighted by molar-refractivity contribution is 0.152. The molecule has 0 amide bonds. The first-order valence-corrected chi connectivity index (χ1v) is 12.3. The molecule has 4 aromatic rings. The Hall–Kier alpha value is -3.85. The van der Waals surface area contributed by atoms with Gasteiger partial charge in [-0.25, -0.2) is 4.79 Å². The smallest absolute Gasteiger partial charge is 0.394 e. The summed E-state index contributed by atoms with van der Waals surface area (Å²) in [6.07, 6.45) is -0.771. The summed E-state index contributed by atoms with van der Waals surface area (Å²) in [4.78, 5) is 12.9. The van der Waals surface area contributed by atoms with E-state index in [0.29, 0.717) is 11.5 Å². The number of rotatable bonds is 4. The fourth-order valence-electron chi connectivity index (χ4n) is 4.09. The lowest BCUT2D eigenvalue weighted by Gasteiger charge is -2.19.